The molecule has 144 valence electrons. The highest BCUT2D eigenvalue weighted by Crippen LogP contribution is 2.30. The van der Waals surface area contributed by atoms with Crippen molar-refractivity contribution in [1.29, 1.82) is 0 Å². The summed E-state index contributed by atoms with van der Waals surface area (Å²) in [7, 11) is -3.33. The Bertz CT molecular complexity index is 1130. The number of carbonyl (C=O) groups excluding carboxylic acids is 1. The summed E-state index contributed by atoms with van der Waals surface area (Å²) in [5, 5.41) is 3.83. The zero-order valence-electron chi connectivity index (χ0n) is 14.8. The van der Waals surface area contributed by atoms with Crippen molar-refractivity contribution < 1.29 is 17.7 Å². The Morgan fingerprint density at radius 3 is 2.75 bits per heavy atom. The van der Waals surface area contributed by atoms with E-state index in [0.717, 1.165) is 17.4 Å². The highest BCUT2D eigenvalue weighted by Gasteiger charge is 2.26. The van der Waals surface area contributed by atoms with Crippen LogP contribution in [0.3, 0.4) is 0 Å². The molecule has 0 radical (unpaired) electrons. The van der Waals surface area contributed by atoms with Crippen LogP contribution in [0.4, 0.5) is 11.7 Å². The first-order valence-electron chi connectivity index (χ1n) is 8.33. The second kappa shape index (κ2) is 6.93. The van der Waals surface area contributed by atoms with Gasteiger partial charge < -0.3 is 4.52 Å². The number of pyridine rings is 1. The molecule has 10 nitrogen and oxygen atoms in total. The number of hydrogen-bond acceptors (Lipinski definition) is 8. The van der Waals surface area contributed by atoms with Crippen molar-refractivity contribution in [2.45, 2.75) is 6.42 Å². The van der Waals surface area contributed by atoms with E-state index in [9.17, 15) is 13.2 Å². The molecule has 11 heteroatoms. The number of amides is 1. The summed E-state index contributed by atoms with van der Waals surface area (Å²) in [5.41, 5.74) is 7.57. The van der Waals surface area contributed by atoms with Crippen LogP contribution < -0.4 is 15.2 Å². The van der Waals surface area contributed by atoms with Crippen LogP contribution in [0, 0.1) is 0 Å². The predicted molar refractivity (Wildman–Crippen MR) is 101 cm³/mol. The van der Waals surface area contributed by atoms with E-state index in [1.165, 1.54) is 4.31 Å². The Morgan fingerprint density at radius 1 is 1.21 bits per heavy atom. The van der Waals surface area contributed by atoms with Crippen LogP contribution in [0.5, 0.6) is 0 Å². The monoisotopic (exact) mass is 400 g/mol. The Morgan fingerprint density at radius 2 is 2.00 bits per heavy atom. The van der Waals surface area contributed by atoms with Gasteiger partial charge in [-0.1, -0.05) is 5.16 Å². The minimum Gasteiger partial charge on any atom is -0.313 e. The molecule has 2 N–H and O–H groups in total. The summed E-state index contributed by atoms with van der Waals surface area (Å²) in [4.78, 5) is 20.4. The number of rotatable bonds is 5. The third-order valence-electron chi connectivity index (χ3n) is 4.24. The molecule has 0 atom stereocenters. The molecule has 4 rings (SSSR count). The third kappa shape index (κ3) is 3.51. The lowest BCUT2D eigenvalue weighted by atomic mass is 10.1. The van der Waals surface area contributed by atoms with Crippen molar-refractivity contribution in [3.8, 4) is 11.4 Å². The van der Waals surface area contributed by atoms with Crippen molar-refractivity contribution in [2.24, 2.45) is 0 Å². The second-order valence-corrected chi connectivity index (χ2v) is 8.07. The molecule has 0 spiro atoms. The molecule has 2 aromatic heterocycles. The number of hydrogen-bond donors (Lipinski definition) is 2. The smallest absolute Gasteiger partial charge is 0.313 e. The maximum Gasteiger partial charge on any atom is 0.340 e. The number of sulfonamides is 1. The fourth-order valence-electron chi connectivity index (χ4n) is 2.93. The molecule has 1 aliphatic heterocycles. The van der Waals surface area contributed by atoms with Gasteiger partial charge in [0.2, 0.25) is 15.8 Å². The molecule has 0 bridgehead atoms. The summed E-state index contributed by atoms with van der Waals surface area (Å²) in [6, 6.07) is 8.37. The maximum absolute atomic E-state index is 12.4. The topological polar surface area (TPSA) is 130 Å². The summed E-state index contributed by atoms with van der Waals surface area (Å²) in [5.74, 6) is -0.0539. The summed E-state index contributed by atoms with van der Waals surface area (Å²) in [6.45, 7) is 0.372. The molecule has 28 heavy (non-hydrogen) atoms. The number of carbonyl (C=O) groups is 1. The van der Waals surface area contributed by atoms with Gasteiger partial charge in [0, 0.05) is 30.1 Å². The van der Waals surface area contributed by atoms with Gasteiger partial charge >= 0.3 is 6.01 Å². The third-order valence-corrected chi connectivity index (χ3v) is 5.42. The minimum absolute atomic E-state index is 0.0320. The molecule has 1 aliphatic rings. The van der Waals surface area contributed by atoms with E-state index in [-0.39, 0.29) is 6.01 Å². The Balaban J connectivity index is 1.43. The number of fused-ring (bicyclic) bond motifs is 1. The lowest BCUT2D eigenvalue weighted by Gasteiger charge is -2.16. The Labute approximate surface area is 160 Å². The lowest BCUT2D eigenvalue weighted by molar-refractivity contribution is 0.0961. The number of benzene rings is 1. The predicted octanol–water partition coefficient (Wildman–Crippen LogP) is 1.21. The van der Waals surface area contributed by atoms with E-state index in [4.69, 9.17) is 4.52 Å². The number of nitrogens with one attached hydrogen (secondary N) is 2. The van der Waals surface area contributed by atoms with Gasteiger partial charge in [0.05, 0.1) is 11.9 Å². The van der Waals surface area contributed by atoms with Crippen LogP contribution in [0.2, 0.25) is 0 Å². The fourth-order valence-corrected chi connectivity index (χ4v) is 3.89. The van der Waals surface area contributed by atoms with Crippen LogP contribution >= 0.6 is 0 Å². The average Bonchev–Trinajstić information content (AvgIpc) is 3.33. The number of anilines is 2. The summed E-state index contributed by atoms with van der Waals surface area (Å²) in [6.07, 6.45) is 4.94. The van der Waals surface area contributed by atoms with E-state index in [0.29, 0.717) is 30.0 Å². The molecule has 3 aromatic rings. The molecular formula is C17H16N6O4S. The molecule has 3 heterocycles. The number of hydrazine groups is 1. The van der Waals surface area contributed by atoms with Gasteiger partial charge in [-0.25, -0.2) is 13.8 Å². The minimum atomic E-state index is -3.33. The highest BCUT2D eigenvalue weighted by atomic mass is 32.2. The van der Waals surface area contributed by atoms with E-state index in [1.54, 1.807) is 42.7 Å². The van der Waals surface area contributed by atoms with Crippen LogP contribution in [0.15, 0.2) is 47.2 Å². The average molecular weight is 400 g/mol. The highest BCUT2D eigenvalue weighted by molar-refractivity contribution is 7.92. The van der Waals surface area contributed by atoms with E-state index >= 15 is 0 Å². The summed E-state index contributed by atoms with van der Waals surface area (Å²) >= 11 is 0. The zero-order chi connectivity index (χ0) is 19.7. The number of aromatic nitrogens is 3. The van der Waals surface area contributed by atoms with Crippen molar-refractivity contribution in [2.75, 3.05) is 22.5 Å². The first kappa shape index (κ1) is 17.9. The van der Waals surface area contributed by atoms with Gasteiger partial charge in [-0.2, -0.15) is 4.98 Å². The first-order chi connectivity index (χ1) is 13.4. The quantitative estimate of drug-likeness (QED) is 0.611. The molecule has 0 saturated heterocycles. The SMILES string of the molecule is CS(=O)(=O)N1CCc2cc(C(=O)NNc3nc(-c4ccncc4)no3)ccc21. The van der Waals surface area contributed by atoms with Crippen LogP contribution in [0.25, 0.3) is 11.4 Å². The first-order valence-corrected chi connectivity index (χ1v) is 10.2. The van der Waals surface area contributed by atoms with Crippen molar-refractivity contribution in [1.82, 2.24) is 20.6 Å². The molecular weight excluding hydrogens is 384 g/mol. The van der Waals surface area contributed by atoms with Crippen LogP contribution in [-0.2, 0) is 16.4 Å². The molecule has 0 fully saturated rings. The van der Waals surface area contributed by atoms with Gasteiger partial charge in [-0.15, -0.1) is 0 Å². The van der Waals surface area contributed by atoms with Gasteiger partial charge in [0.15, 0.2) is 0 Å². The van der Waals surface area contributed by atoms with E-state index < -0.39 is 15.9 Å². The van der Waals surface area contributed by atoms with Crippen molar-refractivity contribution in [3.63, 3.8) is 0 Å². The van der Waals surface area contributed by atoms with Crippen LogP contribution in [0.1, 0.15) is 15.9 Å². The van der Waals surface area contributed by atoms with Crippen molar-refractivity contribution in [3.05, 3.63) is 53.9 Å². The zero-order valence-corrected chi connectivity index (χ0v) is 15.6. The normalized spacial score (nSPS) is 13.2. The van der Waals surface area contributed by atoms with E-state index in [2.05, 4.69) is 26.0 Å². The molecule has 1 aromatic carbocycles. The number of nitrogens with zero attached hydrogens (tertiary/aromatic N) is 4. The van der Waals surface area contributed by atoms with Gasteiger partial charge in [0.25, 0.3) is 5.91 Å². The Hall–Kier alpha value is -3.47. The second-order valence-electron chi connectivity index (χ2n) is 6.17. The fraction of sp³-hybridized carbons (Fsp3) is 0.176. The van der Waals surface area contributed by atoms with Crippen LogP contribution in [-0.4, -0.2) is 42.3 Å². The Kier molecular flexibility index (Phi) is 4.43. The molecule has 0 saturated carbocycles. The van der Waals surface area contributed by atoms with Gasteiger partial charge in [-0.05, 0) is 42.3 Å². The molecule has 0 aliphatic carbocycles. The standard InChI is InChI=1S/C17H16N6O4S/c1-28(25,26)23-9-6-12-10-13(2-3-14(12)23)16(24)20-21-17-19-15(22-27-17)11-4-7-18-8-5-11/h2-5,7-8,10H,6,9H2,1H3,(H,20,24)(H,19,21,22). The molecule has 1 amide bonds. The lowest BCUT2D eigenvalue weighted by Crippen LogP contribution is -2.29. The maximum atomic E-state index is 12.4. The summed E-state index contributed by atoms with van der Waals surface area (Å²) < 4.78 is 30.0. The van der Waals surface area contributed by atoms with E-state index in [1.807, 2.05) is 0 Å². The largest absolute Gasteiger partial charge is 0.340 e. The van der Waals surface area contributed by atoms with Gasteiger partial charge in [-0.3, -0.25) is 19.5 Å². The van der Waals surface area contributed by atoms with Gasteiger partial charge in [0.1, 0.15) is 0 Å². The van der Waals surface area contributed by atoms with Crippen molar-refractivity contribution >= 4 is 27.6 Å². The molecule has 0 unspecified atom stereocenters.